The number of rotatable bonds is 4. The van der Waals surface area contributed by atoms with Crippen LogP contribution in [-0.4, -0.2) is 19.9 Å². The Morgan fingerprint density at radius 1 is 0.487 bits per heavy atom. The highest BCUT2D eigenvalue weighted by Crippen LogP contribution is 2.33. The number of benzene rings is 4. The predicted octanol–water partition coefficient (Wildman–Crippen LogP) is 7.71. The maximum Gasteiger partial charge on any atom is 0.182 e. The van der Waals surface area contributed by atoms with Crippen molar-refractivity contribution < 1.29 is 4.42 Å². The molecule has 0 unspecified atom stereocenters. The zero-order chi connectivity index (χ0) is 26.2. The fourth-order valence-electron chi connectivity index (χ4n) is 4.65. The Labute approximate surface area is 223 Å². The molecule has 0 radical (unpaired) electrons. The maximum absolute atomic E-state index is 9.36. The van der Waals surface area contributed by atoms with Crippen molar-refractivity contribution in [2.24, 2.45) is 0 Å². The SMILES string of the molecule is N#Cc1ccc2oc3ccc(-c4cccc(-c5nc(-c6ccccc6)nc(-c6ccccc6)n5)n4)cc3c2c1. The highest BCUT2D eigenvalue weighted by molar-refractivity contribution is 6.06. The molecule has 7 aromatic rings. The van der Waals surface area contributed by atoms with Crippen LogP contribution in [-0.2, 0) is 0 Å². The third-order valence-electron chi connectivity index (χ3n) is 6.57. The molecule has 3 heterocycles. The molecule has 39 heavy (non-hydrogen) atoms. The zero-order valence-corrected chi connectivity index (χ0v) is 20.6. The van der Waals surface area contributed by atoms with Gasteiger partial charge in [-0.25, -0.2) is 19.9 Å². The smallest absolute Gasteiger partial charge is 0.182 e. The van der Waals surface area contributed by atoms with E-state index in [0.717, 1.165) is 44.3 Å². The molecule has 182 valence electrons. The van der Waals surface area contributed by atoms with Crippen LogP contribution in [0.3, 0.4) is 0 Å². The second kappa shape index (κ2) is 9.33. The summed E-state index contributed by atoms with van der Waals surface area (Å²) in [4.78, 5) is 19.3. The monoisotopic (exact) mass is 501 g/mol. The molecule has 7 rings (SSSR count). The first-order chi connectivity index (χ1) is 19.2. The number of nitrogens with zero attached hydrogens (tertiary/aromatic N) is 5. The molecule has 0 aliphatic heterocycles. The van der Waals surface area contributed by atoms with Gasteiger partial charge in [-0.3, -0.25) is 0 Å². The number of fused-ring (bicyclic) bond motifs is 3. The van der Waals surface area contributed by atoms with Gasteiger partial charge in [-0.15, -0.1) is 0 Å². The van der Waals surface area contributed by atoms with Crippen molar-refractivity contribution in [1.82, 2.24) is 19.9 Å². The van der Waals surface area contributed by atoms with Crippen LogP contribution in [0.1, 0.15) is 5.56 Å². The molecule has 0 spiro atoms. The number of hydrogen-bond acceptors (Lipinski definition) is 6. The molecule has 4 aromatic carbocycles. The van der Waals surface area contributed by atoms with Gasteiger partial charge >= 0.3 is 0 Å². The summed E-state index contributed by atoms with van der Waals surface area (Å²) in [7, 11) is 0. The average molecular weight is 502 g/mol. The van der Waals surface area contributed by atoms with Crippen LogP contribution in [0.25, 0.3) is 67.5 Å². The van der Waals surface area contributed by atoms with Crippen molar-refractivity contribution >= 4 is 21.9 Å². The van der Waals surface area contributed by atoms with Gasteiger partial charge in [-0.05, 0) is 48.5 Å². The fourth-order valence-corrected chi connectivity index (χ4v) is 4.65. The van der Waals surface area contributed by atoms with E-state index in [4.69, 9.17) is 24.4 Å². The lowest BCUT2D eigenvalue weighted by atomic mass is 10.1. The molecule has 6 nitrogen and oxygen atoms in total. The van der Waals surface area contributed by atoms with Crippen LogP contribution in [0.4, 0.5) is 0 Å². The van der Waals surface area contributed by atoms with Crippen LogP contribution in [0, 0.1) is 11.3 Å². The zero-order valence-electron chi connectivity index (χ0n) is 20.6. The number of furan rings is 1. The minimum atomic E-state index is 0.498. The first-order valence-corrected chi connectivity index (χ1v) is 12.5. The number of nitriles is 1. The molecule has 0 aliphatic carbocycles. The van der Waals surface area contributed by atoms with Gasteiger partial charge in [-0.2, -0.15) is 5.26 Å². The summed E-state index contributed by atoms with van der Waals surface area (Å²) in [5.74, 6) is 1.68. The van der Waals surface area contributed by atoms with Crippen LogP contribution >= 0.6 is 0 Å². The van der Waals surface area contributed by atoms with E-state index in [1.165, 1.54) is 0 Å². The van der Waals surface area contributed by atoms with Gasteiger partial charge in [0.25, 0.3) is 0 Å². The van der Waals surface area contributed by atoms with Crippen molar-refractivity contribution in [3.63, 3.8) is 0 Å². The van der Waals surface area contributed by atoms with E-state index in [1.54, 1.807) is 6.07 Å². The third-order valence-corrected chi connectivity index (χ3v) is 6.57. The summed E-state index contributed by atoms with van der Waals surface area (Å²) >= 11 is 0. The third kappa shape index (κ3) is 4.18. The summed E-state index contributed by atoms with van der Waals surface area (Å²) < 4.78 is 5.99. The van der Waals surface area contributed by atoms with Gasteiger partial charge in [-0.1, -0.05) is 66.7 Å². The van der Waals surface area contributed by atoms with Crippen molar-refractivity contribution in [2.45, 2.75) is 0 Å². The topological polar surface area (TPSA) is 88.5 Å². The molecule has 0 bridgehead atoms. The summed E-state index contributed by atoms with van der Waals surface area (Å²) in [5, 5.41) is 11.2. The molecule has 0 aliphatic rings. The maximum atomic E-state index is 9.36. The second-order valence-electron chi connectivity index (χ2n) is 9.08. The number of pyridine rings is 1. The predicted molar refractivity (Wildman–Crippen MR) is 151 cm³/mol. The Morgan fingerprint density at radius 2 is 1.08 bits per heavy atom. The second-order valence-corrected chi connectivity index (χ2v) is 9.08. The quantitative estimate of drug-likeness (QED) is 0.245. The van der Waals surface area contributed by atoms with Crippen molar-refractivity contribution in [1.29, 1.82) is 5.26 Å². The Hall–Kier alpha value is -5.67. The summed E-state index contributed by atoms with van der Waals surface area (Å²) in [6, 6.07) is 39.2. The van der Waals surface area contributed by atoms with E-state index in [1.807, 2.05) is 109 Å². The van der Waals surface area contributed by atoms with E-state index in [9.17, 15) is 5.26 Å². The Bertz CT molecular complexity index is 1970. The highest BCUT2D eigenvalue weighted by Gasteiger charge is 2.15. The lowest BCUT2D eigenvalue weighted by Crippen LogP contribution is -2.01. The minimum Gasteiger partial charge on any atom is -0.456 e. The average Bonchev–Trinajstić information content (AvgIpc) is 3.39. The van der Waals surface area contributed by atoms with E-state index in [2.05, 4.69) is 6.07 Å². The Balaban J connectivity index is 1.36. The van der Waals surface area contributed by atoms with Gasteiger partial charge < -0.3 is 4.42 Å². The van der Waals surface area contributed by atoms with Crippen molar-refractivity contribution in [3.05, 3.63) is 121 Å². The molecule has 6 heteroatoms. The van der Waals surface area contributed by atoms with E-state index < -0.39 is 0 Å². The van der Waals surface area contributed by atoms with Crippen molar-refractivity contribution in [3.8, 4) is 51.6 Å². The lowest BCUT2D eigenvalue weighted by molar-refractivity contribution is 0.669. The molecule has 3 aromatic heterocycles. The standard InChI is InChI=1S/C33H19N5O/c34-20-21-14-16-29-25(18-21)26-19-24(15-17-30(26)39-29)27-12-7-13-28(35-27)33-37-31(22-8-3-1-4-9-22)36-32(38-33)23-10-5-2-6-11-23/h1-19H. The summed E-state index contributed by atoms with van der Waals surface area (Å²) in [6.45, 7) is 0. The van der Waals surface area contributed by atoms with E-state index in [-0.39, 0.29) is 0 Å². The van der Waals surface area contributed by atoms with E-state index >= 15 is 0 Å². The van der Waals surface area contributed by atoms with Crippen molar-refractivity contribution in [2.75, 3.05) is 0 Å². The molecule has 0 N–H and O–H groups in total. The largest absolute Gasteiger partial charge is 0.456 e. The Kier molecular flexibility index (Phi) is 5.39. The van der Waals surface area contributed by atoms with Gasteiger partial charge in [0.05, 0.1) is 17.3 Å². The number of aromatic nitrogens is 4. The lowest BCUT2D eigenvalue weighted by Gasteiger charge is -2.09. The van der Waals surface area contributed by atoms with E-state index in [0.29, 0.717) is 28.7 Å². The molecular weight excluding hydrogens is 482 g/mol. The van der Waals surface area contributed by atoms with Crippen LogP contribution in [0.15, 0.2) is 120 Å². The van der Waals surface area contributed by atoms with Crippen LogP contribution in [0.2, 0.25) is 0 Å². The highest BCUT2D eigenvalue weighted by atomic mass is 16.3. The molecule has 0 amide bonds. The first-order valence-electron chi connectivity index (χ1n) is 12.5. The van der Waals surface area contributed by atoms with Gasteiger partial charge in [0.15, 0.2) is 17.5 Å². The fraction of sp³-hybridized carbons (Fsp3) is 0. The summed E-state index contributed by atoms with van der Waals surface area (Å²) in [6.07, 6.45) is 0. The first kappa shape index (κ1) is 22.5. The van der Waals surface area contributed by atoms with Gasteiger partial charge in [0.1, 0.15) is 16.9 Å². The Morgan fingerprint density at radius 3 is 1.74 bits per heavy atom. The molecule has 0 saturated carbocycles. The van der Waals surface area contributed by atoms with Crippen LogP contribution in [0.5, 0.6) is 0 Å². The molecule has 0 fully saturated rings. The molecule has 0 atom stereocenters. The van der Waals surface area contributed by atoms with Gasteiger partial charge in [0.2, 0.25) is 0 Å². The van der Waals surface area contributed by atoms with Gasteiger partial charge in [0, 0.05) is 27.5 Å². The molecular formula is C33H19N5O. The summed E-state index contributed by atoms with van der Waals surface area (Å²) in [5.41, 5.74) is 6.26. The normalized spacial score (nSPS) is 11.1. The minimum absolute atomic E-state index is 0.498. The molecule has 0 saturated heterocycles. The number of hydrogen-bond donors (Lipinski definition) is 0. The van der Waals surface area contributed by atoms with Crippen LogP contribution < -0.4 is 0 Å².